The highest BCUT2D eigenvalue weighted by atomic mass is 19.1. The van der Waals surface area contributed by atoms with Crippen molar-refractivity contribution in [2.45, 2.75) is 45.1 Å². The Morgan fingerprint density at radius 3 is 2.62 bits per heavy atom. The van der Waals surface area contributed by atoms with E-state index in [9.17, 15) is 23.9 Å². The minimum absolute atomic E-state index is 0.0364. The van der Waals surface area contributed by atoms with Crippen molar-refractivity contribution < 1.29 is 19.1 Å². The van der Waals surface area contributed by atoms with Crippen molar-refractivity contribution in [1.29, 1.82) is 0 Å². The summed E-state index contributed by atoms with van der Waals surface area (Å²) in [7, 11) is 0. The van der Waals surface area contributed by atoms with Gasteiger partial charge in [0.2, 0.25) is 0 Å². The van der Waals surface area contributed by atoms with Gasteiger partial charge >= 0.3 is 6.09 Å². The Bertz CT molecular complexity index is 1370. The lowest BCUT2D eigenvalue weighted by Gasteiger charge is -2.31. The van der Waals surface area contributed by atoms with Gasteiger partial charge in [-0.25, -0.2) is 19.3 Å². The van der Waals surface area contributed by atoms with Gasteiger partial charge in [-0.05, 0) is 37.1 Å². The lowest BCUT2D eigenvalue weighted by Crippen LogP contribution is -2.45. The van der Waals surface area contributed by atoms with Crippen LogP contribution in [0.15, 0.2) is 41.5 Å². The minimum atomic E-state index is -1.01. The van der Waals surface area contributed by atoms with E-state index in [0.717, 1.165) is 5.69 Å². The Morgan fingerprint density at radius 1 is 1.16 bits per heavy atom. The molecule has 1 atom stereocenters. The molecule has 194 valence electrons. The fourth-order valence-corrected chi connectivity index (χ4v) is 3.95. The number of anilines is 2. The number of carboxylic acid groups (broad SMARTS) is 1. The molecule has 1 unspecified atom stereocenters. The summed E-state index contributed by atoms with van der Waals surface area (Å²) in [6.45, 7) is 6.62. The number of hydrogen-bond acceptors (Lipinski definition) is 7. The zero-order chi connectivity index (χ0) is 26.7. The number of rotatable bonds is 5. The van der Waals surface area contributed by atoms with Gasteiger partial charge in [-0.2, -0.15) is 5.10 Å². The molecule has 0 spiro atoms. The molecule has 0 saturated carbocycles. The minimum Gasteiger partial charge on any atom is -0.465 e. The first kappa shape index (κ1) is 25.7. The third-order valence-corrected chi connectivity index (χ3v) is 6.02. The maximum absolute atomic E-state index is 14.5. The van der Waals surface area contributed by atoms with E-state index >= 15 is 0 Å². The Kier molecular flexibility index (Phi) is 7.18. The second-order valence-electron chi connectivity index (χ2n) is 9.89. The molecule has 12 heteroatoms. The number of aromatic amines is 1. The van der Waals surface area contributed by atoms with E-state index in [-0.39, 0.29) is 35.1 Å². The zero-order valence-corrected chi connectivity index (χ0v) is 20.7. The van der Waals surface area contributed by atoms with Gasteiger partial charge in [0.15, 0.2) is 0 Å². The molecule has 2 amide bonds. The molecule has 3 aromatic rings. The number of nitrogens with zero attached hydrogens (tertiary/aromatic N) is 4. The molecular weight excluding hydrogens is 481 g/mol. The van der Waals surface area contributed by atoms with Gasteiger partial charge in [0.05, 0.1) is 23.3 Å². The van der Waals surface area contributed by atoms with Gasteiger partial charge in [-0.1, -0.05) is 20.8 Å². The zero-order valence-electron chi connectivity index (χ0n) is 20.7. The Hall–Kier alpha value is -4.35. The van der Waals surface area contributed by atoms with Crippen molar-refractivity contribution in [2.75, 3.05) is 23.7 Å². The molecule has 1 aliphatic heterocycles. The lowest BCUT2D eigenvalue weighted by atomic mass is 9.93. The SMILES string of the molecule is CC(C)(C)c1cnc(C(=O)Nc2cc(-c3cc(NC4CCCN(C(=O)O)C4)c(=O)[nH]n3)ccc2F)cn1. The van der Waals surface area contributed by atoms with Crippen molar-refractivity contribution in [2.24, 2.45) is 0 Å². The van der Waals surface area contributed by atoms with Crippen LogP contribution in [0.4, 0.5) is 20.6 Å². The highest BCUT2D eigenvalue weighted by molar-refractivity contribution is 6.03. The van der Waals surface area contributed by atoms with E-state index in [0.29, 0.717) is 30.6 Å². The lowest BCUT2D eigenvalue weighted by molar-refractivity contribution is 0.102. The third-order valence-electron chi connectivity index (χ3n) is 6.02. The molecule has 11 nitrogen and oxygen atoms in total. The summed E-state index contributed by atoms with van der Waals surface area (Å²) in [4.78, 5) is 46.0. The standard InChI is InChI=1S/C25H28FN7O4/c1-25(2,3)21-12-27-20(11-28-21)22(34)30-18-9-14(6-7-16(18)26)17-10-19(23(35)32-31-17)29-15-5-4-8-33(13-15)24(36)37/h6-7,9-12,15H,4-5,8,13H2,1-3H3,(H,29,31)(H,30,34)(H,32,35)(H,36,37). The van der Waals surface area contributed by atoms with Crippen LogP contribution in [-0.4, -0.2) is 61.3 Å². The molecule has 4 rings (SSSR count). The van der Waals surface area contributed by atoms with E-state index in [2.05, 4.69) is 30.8 Å². The van der Waals surface area contributed by atoms with Gasteiger partial charge in [-0.3, -0.25) is 14.6 Å². The smallest absolute Gasteiger partial charge is 0.407 e. The number of nitrogens with one attached hydrogen (secondary N) is 3. The molecule has 0 bridgehead atoms. The van der Waals surface area contributed by atoms with Crippen molar-refractivity contribution in [1.82, 2.24) is 25.1 Å². The molecule has 1 aromatic carbocycles. The van der Waals surface area contributed by atoms with Gasteiger partial charge < -0.3 is 20.6 Å². The summed E-state index contributed by atoms with van der Waals surface area (Å²) in [5.41, 5.74) is 0.960. The Balaban J connectivity index is 1.53. The van der Waals surface area contributed by atoms with Crippen LogP contribution in [0.5, 0.6) is 0 Å². The number of H-pyrrole nitrogens is 1. The first-order chi connectivity index (χ1) is 17.5. The first-order valence-corrected chi connectivity index (χ1v) is 11.8. The molecule has 1 aliphatic rings. The third kappa shape index (κ3) is 6.08. The highest BCUT2D eigenvalue weighted by Crippen LogP contribution is 2.25. The Labute approximate surface area is 212 Å². The molecule has 4 N–H and O–H groups in total. The quantitative estimate of drug-likeness (QED) is 0.408. The number of aromatic nitrogens is 4. The van der Waals surface area contributed by atoms with E-state index < -0.39 is 23.4 Å². The van der Waals surface area contributed by atoms with E-state index in [1.807, 2.05) is 20.8 Å². The molecule has 1 saturated heterocycles. The molecule has 37 heavy (non-hydrogen) atoms. The summed E-state index contributed by atoms with van der Waals surface area (Å²) in [5.74, 6) is -1.28. The average molecular weight is 510 g/mol. The molecular formula is C25H28FN7O4. The largest absolute Gasteiger partial charge is 0.465 e. The number of amides is 2. The second kappa shape index (κ2) is 10.3. The first-order valence-electron chi connectivity index (χ1n) is 11.8. The van der Waals surface area contributed by atoms with Gasteiger partial charge in [0.25, 0.3) is 11.5 Å². The Morgan fingerprint density at radius 2 is 1.95 bits per heavy atom. The van der Waals surface area contributed by atoms with Crippen molar-refractivity contribution in [3.63, 3.8) is 0 Å². The summed E-state index contributed by atoms with van der Waals surface area (Å²) in [5, 5.41) is 21.3. The fourth-order valence-electron chi connectivity index (χ4n) is 3.95. The number of piperidine rings is 1. The van der Waals surface area contributed by atoms with Crippen LogP contribution in [0.3, 0.4) is 0 Å². The number of likely N-dealkylation sites (tertiary alicyclic amines) is 1. The number of halogens is 1. The van der Waals surface area contributed by atoms with Gasteiger partial charge in [-0.15, -0.1) is 0 Å². The normalized spacial score (nSPS) is 15.8. The predicted octanol–water partition coefficient (Wildman–Crippen LogP) is 3.47. The maximum atomic E-state index is 14.5. The molecule has 3 heterocycles. The van der Waals surface area contributed by atoms with Crippen LogP contribution < -0.4 is 16.2 Å². The molecule has 2 aromatic heterocycles. The van der Waals surface area contributed by atoms with E-state index in [4.69, 9.17) is 0 Å². The van der Waals surface area contributed by atoms with Gasteiger partial charge in [0.1, 0.15) is 17.2 Å². The van der Waals surface area contributed by atoms with Crippen molar-refractivity contribution in [3.05, 3.63) is 64.2 Å². The van der Waals surface area contributed by atoms with Crippen LogP contribution in [0, 0.1) is 5.82 Å². The molecule has 0 aliphatic carbocycles. The van der Waals surface area contributed by atoms with Crippen molar-refractivity contribution >= 4 is 23.4 Å². The predicted molar refractivity (Wildman–Crippen MR) is 135 cm³/mol. The molecule has 1 fully saturated rings. The topological polar surface area (TPSA) is 153 Å². The van der Waals surface area contributed by atoms with Crippen LogP contribution in [0.2, 0.25) is 0 Å². The number of carbonyl (C=O) groups excluding carboxylic acids is 1. The number of benzene rings is 1. The summed E-state index contributed by atoms with van der Waals surface area (Å²) < 4.78 is 14.5. The highest BCUT2D eigenvalue weighted by Gasteiger charge is 2.24. The van der Waals surface area contributed by atoms with Crippen LogP contribution in [0.25, 0.3) is 11.3 Å². The van der Waals surface area contributed by atoms with Crippen LogP contribution >= 0.6 is 0 Å². The second-order valence-corrected chi connectivity index (χ2v) is 9.89. The van der Waals surface area contributed by atoms with Gasteiger partial charge in [0, 0.05) is 36.3 Å². The summed E-state index contributed by atoms with van der Waals surface area (Å²) in [6.07, 6.45) is 3.23. The monoisotopic (exact) mass is 509 g/mol. The number of hydrogen-bond donors (Lipinski definition) is 4. The van der Waals surface area contributed by atoms with E-state index in [1.54, 1.807) is 0 Å². The average Bonchev–Trinajstić information content (AvgIpc) is 2.86. The maximum Gasteiger partial charge on any atom is 0.407 e. The fraction of sp³-hybridized carbons (Fsp3) is 0.360. The summed E-state index contributed by atoms with van der Waals surface area (Å²) >= 11 is 0. The molecule has 0 radical (unpaired) electrons. The van der Waals surface area contributed by atoms with E-state index in [1.165, 1.54) is 41.6 Å². The number of carbonyl (C=O) groups is 2. The van der Waals surface area contributed by atoms with Crippen LogP contribution in [-0.2, 0) is 5.41 Å². The van der Waals surface area contributed by atoms with Crippen molar-refractivity contribution in [3.8, 4) is 11.3 Å². The van der Waals surface area contributed by atoms with Crippen LogP contribution in [0.1, 0.15) is 49.8 Å². The summed E-state index contributed by atoms with van der Waals surface area (Å²) in [6, 6.07) is 5.33.